The maximum absolute atomic E-state index is 12.2. The van der Waals surface area contributed by atoms with E-state index >= 15 is 0 Å². The van der Waals surface area contributed by atoms with E-state index < -0.39 is 27.5 Å². The molecule has 0 spiro atoms. The Labute approximate surface area is 126 Å². The third-order valence-corrected chi connectivity index (χ3v) is 6.22. The molecule has 1 amide bonds. The Balaban J connectivity index is 2.32. The van der Waals surface area contributed by atoms with E-state index in [0.29, 0.717) is 5.69 Å². The fourth-order valence-corrected chi connectivity index (χ4v) is 4.37. The SMILES string of the molecule is C[C@@H]1Sc2ccc(S(=O)(=O)C[C@H](C)C(=O)O)cc2NC1=O. The molecule has 0 fully saturated rings. The lowest BCUT2D eigenvalue weighted by Gasteiger charge is -2.22. The van der Waals surface area contributed by atoms with Crippen molar-refractivity contribution in [1.29, 1.82) is 0 Å². The van der Waals surface area contributed by atoms with Gasteiger partial charge in [-0.25, -0.2) is 8.42 Å². The summed E-state index contributed by atoms with van der Waals surface area (Å²) in [5.74, 6) is -2.80. The van der Waals surface area contributed by atoms with Crippen LogP contribution in [0, 0.1) is 5.92 Å². The molecule has 2 rings (SSSR count). The van der Waals surface area contributed by atoms with Gasteiger partial charge in [0.05, 0.1) is 27.5 Å². The van der Waals surface area contributed by atoms with Crippen molar-refractivity contribution in [3.8, 4) is 0 Å². The van der Waals surface area contributed by atoms with Crippen LogP contribution in [0.2, 0.25) is 0 Å². The Kier molecular flexibility index (Phi) is 4.29. The molecule has 0 radical (unpaired) electrons. The number of hydrogen-bond acceptors (Lipinski definition) is 5. The molecule has 0 aromatic heterocycles. The van der Waals surface area contributed by atoms with Crippen LogP contribution in [0.25, 0.3) is 0 Å². The standard InChI is InChI=1S/C13H15NO5S2/c1-7(13(16)17)6-21(18,19)9-3-4-11-10(5-9)14-12(15)8(2)20-11/h3-5,7-8H,6H2,1-2H3,(H,14,15)(H,16,17)/t7-,8-/m0/s1. The van der Waals surface area contributed by atoms with Crippen molar-refractivity contribution in [2.75, 3.05) is 11.1 Å². The van der Waals surface area contributed by atoms with Gasteiger partial charge in [0.1, 0.15) is 0 Å². The van der Waals surface area contributed by atoms with Crippen molar-refractivity contribution in [2.45, 2.75) is 28.9 Å². The van der Waals surface area contributed by atoms with Crippen LogP contribution in [0.5, 0.6) is 0 Å². The number of carboxylic acids is 1. The van der Waals surface area contributed by atoms with Crippen LogP contribution in [0.1, 0.15) is 13.8 Å². The lowest BCUT2D eigenvalue weighted by Crippen LogP contribution is -2.27. The third-order valence-electron chi connectivity index (χ3n) is 3.13. The molecule has 0 unspecified atom stereocenters. The highest BCUT2D eigenvalue weighted by atomic mass is 32.2. The molecule has 0 bridgehead atoms. The lowest BCUT2D eigenvalue weighted by molar-refractivity contribution is -0.140. The molecule has 2 N–H and O–H groups in total. The molecule has 1 aliphatic rings. The van der Waals surface area contributed by atoms with Crippen molar-refractivity contribution in [1.82, 2.24) is 0 Å². The minimum absolute atomic E-state index is 0.0183. The number of carbonyl (C=O) groups is 2. The summed E-state index contributed by atoms with van der Waals surface area (Å²) in [5.41, 5.74) is 0.451. The summed E-state index contributed by atoms with van der Waals surface area (Å²) in [4.78, 5) is 23.2. The zero-order valence-corrected chi connectivity index (χ0v) is 13.1. The Bertz CT molecular complexity index is 699. The fraction of sp³-hybridized carbons (Fsp3) is 0.385. The first-order valence-electron chi connectivity index (χ1n) is 6.28. The highest BCUT2D eigenvalue weighted by molar-refractivity contribution is 8.01. The van der Waals surface area contributed by atoms with Crippen LogP contribution in [0.3, 0.4) is 0 Å². The summed E-state index contributed by atoms with van der Waals surface area (Å²) in [6, 6.07) is 4.46. The predicted molar refractivity (Wildman–Crippen MR) is 79.2 cm³/mol. The van der Waals surface area contributed by atoms with Crippen LogP contribution in [0.15, 0.2) is 28.0 Å². The van der Waals surface area contributed by atoms with Gasteiger partial charge in [-0.3, -0.25) is 9.59 Å². The normalized spacial score (nSPS) is 19.5. The number of rotatable bonds is 4. The molecule has 21 heavy (non-hydrogen) atoms. The summed E-state index contributed by atoms with van der Waals surface area (Å²) in [6.07, 6.45) is 0. The van der Waals surface area contributed by atoms with Crippen molar-refractivity contribution >= 4 is 39.2 Å². The maximum atomic E-state index is 12.2. The van der Waals surface area contributed by atoms with Crippen LogP contribution < -0.4 is 5.32 Å². The zero-order valence-electron chi connectivity index (χ0n) is 11.5. The van der Waals surface area contributed by atoms with E-state index in [1.165, 1.54) is 30.8 Å². The Morgan fingerprint density at radius 2 is 2.14 bits per heavy atom. The topological polar surface area (TPSA) is 101 Å². The highest BCUT2D eigenvalue weighted by Gasteiger charge is 2.27. The second kappa shape index (κ2) is 5.69. The molecule has 1 aromatic rings. The number of benzene rings is 1. The summed E-state index contributed by atoms with van der Waals surface area (Å²) in [5, 5.41) is 11.3. The van der Waals surface area contributed by atoms with Crippen molar-refractivity contribution < 1.29 is 23.1 Å². The van der Waals surface area contributed by atoms with Gasteiger partial charge in [0.15, 0.2) is 9.84 Å². The highest BCUT2D eigenvalue weighted by Crippen LogP contribution is 2.36. The van der Waals surface area contributed by atoms with E-state index in [1.807, 2.05) is 0 Å². The first-order chi connectivity index (χ1) is 9.70. The van der Waals surface area contributed by atoms with Gasteiger partial charge >= 0.3 is 5.97 Å². The van der Waals surface area contributed by atoms with Gasteiger partial charge in [-0.15, -0.1) is 11.8 Å². The van der Waals surface area contributed by atoms with Crippen LogP contribution >= 0.6 is 11.8 Å². The van der Waals surface area contributed by atoms with Crippen LogP contribution in [-0.4, -0.2) is 36.4 Å². The van der Waals surface area contributed by atoms with Gasteiger partial charge in [0.25, 0.3) is 0 Å². The quantitative estimate of drug-likeness (QED) is 0.870. The summed E-state index contributed by atoms with van der Waals surface area (Å²) in [7, 11) is -3.71. The summed E-state index contributed by atoms with van der Waals surface area (Å²) >= 11 is 1.36. The smallest absolute Gasteiger partial charge is 0.307 e. The van der Waals surface area contributed by atoms with Crippen molar-refractivity contribution in [3.05, 3.63) is 18.2 Å². The van der Waals surface area contributed by atoms with E-state index in [-0.39, 0.29) is 16.1 Å². The third kappa shape index (κ3) is 3.38. The number of fused-ring (bicyclic) bond motifs is 1. The molecule has 8 heteroatoms. The minimum Gasteiger partial charge on any atom is -0.481 e. The molecule has 114 valence electrons. The van der Waals surface area contributed by atoms with E-state index in [0.717, 1.165) is 4.90 Å². The van der Waals surface area contributed by atoms with Crippen molar-refractivity contribution in [2.24, 2.45) is 5.92 Å². The van der Waals surface area contributed by atoms with Gasteiger partial charge in [-0.05, 0) is 25.1 Å². The van der Waals surface area contributed by atoms with Gasteiger partial charge in [0, 0.05) is 4.90 Å². The first kappa shape index (κ1) is 15.8. The molecule has 6 nitrogen and oxygen atoms in total. The van der Waals surface area contributed by atoms with Crippen molar-refractivity contribution in [3.63, 3.8) is 0 Å². The largest absolute Gasteiger partial charge is 0.481 e. The predicted octanol–water partition coefficient (Wildman–Crippen LogP) is 1.61. The van der Waals surface area contributed by atoms with E-state index in [4.69, 9.17) is 5.11 Å². The van der Waals surface area contributed by atoms with Gasteiger partial charge < -0.3 is 10.4 Å². The average molecular weight is 329 g/mol. The monoisotopic (exact) mass is 329 g/mol. The van der Waals surface area contributed by atoms with E-state index in [9.17, 15) is 18.0 Å². The first-order valence-corrected chi connectivity index (χ1v) is 8.81. The van der Waals surface area contributed by atoms with E-state index in [2.05, 4.69) is 5.32 Å². The van der Waals surface area contributed by atoms with Gasteiger partial charge in [0.2, 0.25) is 5.91 Å². The second-order valence-corrected chi connectivity index (χ2v) is 8.34. The minimum atomic E-state index is -3.71. The number of carboxylic acid groups (broad SMARTS) is 1. The molecule has 0 saturated carbocycles. The molecule has 0 aliphatic carbocycles. The van der Waals surface area contributed by atoms with Gasteiger partial charge in [-0.2, -0.15) is 0 Å². The number of thioether (sulfide) groups is 1. The lowest BCUT2D eigenvalue weighted by atomic mass is 10.2. The van der Waals surface area contributed by atoms with Gasteiger partial charge in [-0.1, -0.05) is 6.92 Å². The number of aliphatic carboxylic acids is 1. The Morgan fingerprint density at radius 1 is 1.48 bits per heavy atom. The number of hydrogen-bond donors (Lipinski definition) is 2. The fourth-order valence-electron chi connectivity index (χ4n) is 1.88. The second-order valence-electron chi connectivity index (χ2n) is 4.93. The molecule has 0 saturated heterocycles. The molecule has 2 atom stereocenters. The Hall–Kier alpha value is -1.54. The molecule has 1 aliphatic heterocycles. The van der Waals surface area contributed by atoms with Crippen LogP contribution in [0.4, 0.5) is 5.69 Å². The molecular weight excluding hydrogens is 314 g/mol. The number of carbonyl (C=O) groups excluding carboxylic acids is 1. The average Bonchev–Trinajstić information content (AvgIpc) is 2.38. The Morgan fingerprint density at radius 3 is 2.76 bits per heavy atom. The molecule has 1 aromatic carbocycles. The van der Waals surface area contributed by atoms with E-state index in [1.54, 1.807) is 13.0 Å². The number of nitrogens with one attached hydrogen (secondary N) is 1. The number of anilines is 1. The molecule has 1 heterocycles. The molecular formula is C13H15NO5S2. The van der Waals surface area contributed by atoms with Crippen LogP contribution in [-0.2, 0) is 19.4 Å². The number of amides is 1. The summed E-state index contributed by atoms with van der Waals surface area (Å²) in [6.45, 7) is 3.11. The zero-order chi connectivity index (χ0) is 15.8. The maximum Gasteiger partial charge on any atom is 0.307 e. The summed E-state index contributed by atoms with van der Waals surface area (Å²) < 4.78 is 24.4. The number of sulfone groups is 1.